The van der Waals surface area contributed by atoms with Gasteiger partial charge in [-0.1, -0.05) is 42.5 Å². The Hall–Kier alpha value is -1.99. The summed E-state index contributed by atoms with van der Waals surface area (Å²) in [6.07, 6.45) is 1.78. The van der Waals surface area contributed by atoms with Crippen LogP contribution in [0.15, 0.2) is 75.8 Å². The Morgan fingerprint density at radius 3 is 2.68 bits per heavy atom. The molecule has 1 aliphatic rings. The molecule has 3 aromatic rings. The minimum absolute atomic E-state index is 0.307. The van der Waals surface area contributed by atoms with Crippen molar-refractivity contribution in [3.63, 3.8) is 0 Å². The summed E-state index contributed by atoms with van der Waals surface area (Å²) in [6, 6.07) is 19.8. The van der Waals surface area contributed by atoms with Crippen molar-refractivity contribution >= 4 is 67.2 Å². The van der Waals surface area contributed by atoms with Crippen molar-refractivity contribution in [2.75, 3.05) is 0 Å². The van der Waals surface area contributed by atoms with Crippen LogP contribution in [-0.4, -0.2) is 11.9 Å². The molecule has 122 valence electrons. The number of cyclic esters (lactones) is 1. The molecule has 0 N–H and O–H groups in total. The van der Waals surface area contributed by atoms with Crippen molar-refractivity contribution in [1.29, 1.82) is 0 Å². The number of carbonyl (C=O) groups excluding carboxylic acids is 1. The highest BCUT2D eigenvalue weighted by Gasteiger charge is 2.24. The zero-order valence-electron chi connectivity index (χ0n) is 12.9. The van der Waals surface area contributed by atoms with Gasteiger partial charge in [0.05, 0.1) is 0 Å². The van der Waals surface area contributed by atoms with E-state index >= 15 is 0 Å². The third-order valence-corrected chi connectivity index (χ3v) is 6.24. The van der Waals surface area contributed by atoms with Gasteiger partial charge in [0.15, 0.2) is 5.70 Å². The lowest BCUT2D eigenvalue weighted by molar-refractivity contribution is -0.129. The predicted octanol–water partition coefficient (Wildman–Crippen LogP) is 5.55. The van der Waals surface area contributed by atoms with Gasteiger partial charge in [-0.15, -0.1) is 0 Å². The first-order valence-corrected chi connectivity index (χ1v) is 9.45. The second kappa shape index (κ2) is 6.72. The summed E-state index contributed by atoms with van der Waals surface area (Å²) in [7, 11) is 0. The molecule has 0 saturated heterocycles. The van der Waals surface area contributed by atoms with Crippen LogP contribution in [0.3, 0.4) is 0 Å². The molecule has 0 saturated carbocycles. The summed E-state index contributed by atoms with van der Waals surface area (Å²) in [6.45, 7) is 0. The Labute approximate surface area is 166 Å². The van der Waals surface area contributed by atoms with Crippen LogP contribution in [0.25, 0.3) is 16.8 Å². The summed E-state index contributed by atoms with van der Waals surface area (Å²) in [5.74, 6) is -0.105. The molecule has 5 heteroatoms. The predicted molar refractivity (Wildman–Crippen MR) is 111 cm³/mol. The molecule has 25 heavy (non-hydrogen) atoms. The molecule has 0 aromatic heterocycles. The quantitative estimate of drug-likeness (QED) is 0.261. The number of carbonyl (C=O) groups is 1. The van der Waals surface area contributed by atoms with Crippen LogP contribution in [0.4, 0.5) is 0 Å². The fourth-order valence-corrected chi connectivity index (χ4v) is 3.40. The van der Waals surface area contributed by atoms with Gasteiger partial charge in [-0.25, -0.2) is 9.79 Å². The second-order valence-corrected chi connectivity index (χ2v) is 7.55. The van der Waals surface area contributed by atoms with E-state index in [1.54, 1.807) is 6.08 Å². The van der Waals surface area contributed by atoms with Gasteiger partial charge in [-0.3, -0.25) is 0 Å². The maximum Gasteiger partial charge on any atom is 0.363 e. The molecule has 4 rings (SSSR count). The number of ether oxygens (including phenoxy) is 1. The van der Waals surface area contributed by atoms with E-state index < -0.39 is 5.97 Å². The Kier molecular flexibility index (Phi) is 4.43. The molecule has 1 heterocycles. The molecule has 3 nitrogen and oxygen atoms in total. The number of benzene rings is 3. The largest absolute Gasteiger partial charge is 0.402 e. The van der Waals surface area contributed by atoms with E-state index in [0.29, 0.717) is 11.6 Å². The number of rotatable bonds is 2. The first kappa shape index (κ1) is 16.5. The average molecular weight is 504 g/mol. The van der Waals surface area contributed by atoms with Crippen LogP contribution in [-0.2, 0) is 9.53 Å². The molecule has 0 unspecified atom stereocenters. The van der Waals surface area contributed by atoms with Crippen LogP contribution < -0.4 is 0 Å². The normalized spacial score (nSPS) is 15.5. The summed E-state index contributed by atoms with van der Waals surface area (Å²) in [5.41, 5.74) is 2.02. The van der Waals surface area contributed by atoms with Crippen LogP contribution >= 0.6 is 38.5 Å². The number of nitrogens with zero attached hydrogens (tertiary/aromatic N) is 1. The lowest BCUT2D eigenvalue weighted by Gasteiger charge is -2.01. The molecule has 3 aromatic carbocycles. The highest BCUT2D eigenvalue weighted by molar-refractivity contribution is 14.1. The monoisotopic (exact) mass is 503 g/mol. The van der Waals surface area contributed by atoms with Crippen LogP contribution in [0.1, 0.15) is 11.1 Å². The van der Waals surface area contributed by atoms with Crippen molar-refractivity contribution in [1.82, 2.24) is 0 Å². The fraction of sp³-hybridized carbons (Fsp3) is 0. The SMILES string of the molecule is O=C1OC(c2ccc(I)c(Br)c2)=N/C1=C\c1cccc2ccccc12. The van der Waals surface area contributed by atoms with E-state index in [0.717, 1.165) is 29.9 Å². The summed E-state index contributed by atoms with van der Waals surface area (Å²) in [5, 5.41) is 2.19. The fourth-order valence-electron chi connectivity index (χ4n) is 2.69. The van der Waals surface area contributed by atoms with Crippen molar-refractivity contribution < 1.29 is 9.53 Å². The maximum atomic E-state index is 12.2. The van der Waals surface area contributed by atoms with E-state index in [9.17, 15) is 4.79 Å². The van der Waals surface area contributed by atoms with Gasteiger partial charge in [0.25, 0.3) is 0 Å². The Balaban J connectivity index is 1.77. The standard InChI is InChI=1S/C20H11BrINO2/c21-16-10-14(8-9-17(16)22)19-23-18(20(24)25-19)11-13-6-3-5-12-4-1-2-7-15(12)13/h1-11H/b18-11-. The lowest BCUT2D eigenvalue weighted by Crippen LogP contribution is -2.05. The first-order chi connectivity index (χ1) is 12.1. The highest BCUT2D eigenvalue weighted by atomic mass is 127. The van der Waals surface area contributed by atoms with Gasteiger partial charge in [0, 0.05) is 13.6 Å². The minimum Gasteiger partial charge on any atom is -0.402 e. The van der Waals surface area contributed by atoms with E-state index in [4.69, 9.17) is 4.74 Å². The van der Waals surface area contributed by atoms with Gasteiger partial charge < -0.3 is 4.74 Å². The van der Waals surface area contributed by atoms with E-state index in [1.807, 2.05) is 60.7 Å². The smallest absolute Gasteiger partial charge is 0.363 e. The van der Waals surface area contributed by atoms with Crippen LogP contribution in [0, 0.1) is 3.57 Å². The topological polar surface area (TPSA) is 38.7 Å². The van der Waals surface area contributed by atoms with Crippen molar-refractivity contribution in [2.24, 2.45) is 4.99 Å². The molecule has 0 fully saturated rings. The van der Waals surface area contributed by atoms with Crippen molar-refractivity contribution in [3.8, 4) is 0 Å². The van der Waals surface area contributed by atoms with Crippen LogP contribution in [0.2, 0.25) is 0 Å². The maximum absolute atomic E-state index is 12.2. The van der Waals surface area contributed by atoms with Gasteiger partial charge in [0.1, 0.15) is 0 Å². The zero-order chi connectivity index (χ0) is 17.4. The Bertz CT molecular complexity index is 1070. The third-order valence-electron chi connectivity index (χ3n) is 3.90. The molecule has 0 bridgehead atoms. The molecule has 0 atom stereocenters. The molecule has 0 amide bonds. The molecule has 1 aliphatic heterocycles. The Morgan fingerprint density at radius 2 is 1.84 bits per heavy atom. The summed E-state index contributed by atoms with van der Waals surface area (Å²) >= 11 is 5.72. The highest BCUT2D eigenvalue weighted by Crippen LogP contribution is 2.26. The number of aliphatic imine (C=N–C) groups is 1. The number of fused-ring (bicyclic) bond motifs is 1. The zero-order valence-corrected chi connectivity index (χ0v) is 16.6. The molecular weight excluding hydrogens is 493 g/mol. The average Bonchev–Trinajstić information content (AvgIpc) is 2.98. The van der Waals surface area contributed by atoms with E-state index in [-0.39, 0.29) is 0 Å². The van der Waals surface area contributed by atoms with Crippen molar-refractivity contribution in [2.45, 2.75) is 0 Å². The van der Waals surface area contributed by atoms with E-state index in [2.05, 4.69) is 43.5 Å². The summed E-state index contributed by atoms with van der Waals surface area (Å²) < 4.78 is 7.38. The molecule has 0 radical (unpaired) electrons. The molecule has 0 aliphatic carbocycles. The van der Waals surface area contributed by atoms with Gasteiger partial charge in [-0.05, 0) is 79.1 Å². The lowest BCUT2D eigenvalue weighted by atomic mass is 10.0. The summed E-state index contributed by atoms with van der Waals surface area (Å²) in [4.78, 5) is 16.6. The van der Waals surface area contributed by atoms with E-state index in [1.165, 1.54) is 0 Å². The van der Waals surface area contributed by atoms with Gasteiger partial charge >= 0.3 is 5.97 Å². The number of esters is 1. The van der Waals surface area contributed by atoms with Gasteiger partial charge in [-0.2, -0.15) is 0 Å². The van der Waals surface area contributed by atoms with Crippen molar-refractivity contribution in [3.05, 3.63) is 85.5 Å². The number of hydrogen-bond donors (Lipinski definition) is 0. The third kappa shape index (κ3) is 3.26. The van der Waals surface area contributed by atoms with Gasteiger partial charge in [0.2, 0.25) is 5.90 Å². The van der Waals surface area contributed by atoms with Crippen LogP contribution in [0.5, 0.6) is 0 Å². The molecular formula is C20H11BrINO2. The number of hydrogen-bond acceptors (Lipinski definition) is 3. The second-order valence-electron chi connectivity index (χ2n) is 5.53. The first-order valence-electron chi connectivity index (χ1n) is 7.57. The number of halogens is 2. The minimum atomic E-state index is -0.433. The molecule has 0 spiro atoms. The Morgan fingerprint density at radius 1 is 1.04 bits per heavy atom.